The summed E-state index contributed by atoms with van der Waals surface area (Å²) in [7, 11) is -4.14. The summed E-state index contributed by atoms with van der Waals surface area (Å²) in [6.45, 7) is 0. The van der Waals surface area contributed by atoms with Crippen LogP contribution in [0.4, 0.5) is 4.39 Å². The lowest BCUT2D eigenvalue weighted by atomic mass is 9.95. The van der Waals surface area contributed by atoms with Crippen molar-refractivity contribution in [1.29, 1.82) is 0 Å². The Kier molecular flexibility index (Phi) is 4.55. The molecular formula is C13H15ClFNO4S. The van der Waals surface area contributed by atoms with Gasteiger partial charge in [-0.05, 0) is 31.0 Å². The molecule has 0 spiro atoms. The van der Waals surface area contributed by atoms with Crippen LogP contribution < -0.4 is 4.72 Å². The van der Waals surface area contributed by atoms with Gasteiger partial charge < -0.3 is 5.11 Å². The molecule has 116 valence electrons. The van der Waals surface area contributed by atoms with E-state index in [0.717, 1.165) is 25.0 Å². The Morgan fingerprint density at radius 2 is 2.00 bits per heavy atom. The number of carboxylic acid groups (broad SMARTS) is 1. The van der Waals surface area contributed by atoms with E-state index in [1.807, 2.05) is 0 Å². The third-order valence-corrected chi connectivity index (χ3v) is 5.43. The van der Waals surface area contributed by atoms with Crippen molar-refractivity contribution in [2.75, 3.05) is 0 Å². The molecule has 0 aromatic heterocycles. The molecule has 0 bridgehead atoms. The molecule has 1 aromatic rings. The summed E-state index contributed by atoms with van der Waals surface area (Å²) < 4.78 is 40.8. The normalized spacial score (nSPS) is 17.8. The average Bonchev–Trinajstić information content (AvgIpc) is 2.74. The fraction of sp³-hybridized carbons (Fsp3) is 0.462. The number of sulfonamides is 1. The highest BCUT2D eigenvalue weighted by Crippen LogP contribution is 2.34. The highest BCUT2D eigenvalue weighted by molar-refractivity contribution is 7.89. The largest absolute Gasteiger partial charge is 0.481 e. The summed E-state index contributed by atoms with van der Waals surface area (Å²) in [5.74, 6) is -2.05. The topological polar surface area (TPSA) is 83.5 Å². The van der Waals surface area contributed by atoms with Crippen molar-refractivity contribution in [3.05, 3.63) is 29.0 Å². The van der Waals surface area contributed by atoms with E-state index in [-0.39, 0.29) is 11.4 Å². The zero-order valence-corrected chi connectivity index (χ0v) is 12.7. The smallest absolute Gasteiger partial charge is 0.305 e. The molecule has 1 saturated carbocycles. The maximum atomic E-state index is 13.8. The standard InChI is InChI=1S/C13H15ClFNO4S/c14-9-3-4-11(10(15)7-9)21(19,20)16-13(8-12(17)18)5-1-2-6-13/h3-4,7,16H,1-2,5-6,8H2,(H,17,18). The Hall–Kier alpha value is -1.18. The number of hydrogen-bond donors (Lipinski definition) is 2. The number of carboxylic acids is 1. The fourth-order valence-electron chi connectivity index (χ4n) is 2.69. The van der Waals surface area contributed by atoms with Crippen LogP contribution in [-0.4, -0.2) is 25.0 Å². The predicted octanol–water partition coefficient (Wildman–Crippen LogP) is 2.54. The van der Waals surface area contributed by atoms with Gasteiger partial charge in [0.15, 0.2) is 0 Å². The SMILES string of the molecule is O=C(O)CC1(NS(=O)(=O)c2ccc(Cl)cc2F)CCCC1. The Morgan fingerprint density at radius 3 is 2.52 bits per heavy atom. The second-order valence-corrected chi connectivity index (χ2v) is 7.33. The zero-order valence-electron chi connectivity index (χ0n) is 11.1. The molecular weight excluding hydrogens is 321 g/mol. The zero-order chi connectivity index (χ0) is 15.7. The van der Waals surface area contributed by atoms with Gasteiger partial charge in [0, 0.05) is 10.6 Å². The monoisotopic (exact) mass is 335 g/mol. The number of aliphatic carboxylic acids is 1. The van der Waals surface area contributed by atoms with Gasteiger partial charge in [-0.2, -0.15) is 0 Å². The molecule has 0 amide bonds. The first-order valence-corrected chi connectivity index (χ1v) is 8.31. The first kappa shape index (κ1) is 16.2. The van der Waals surface area contributed by atoms with Crippen molar-refractivity contribution in [1.82, 2.24) is 4.72 Å². The number of halogens is 2. The van der Waals surface area contributed by atoms with Crippen molar-refractivity contribution < 1.29 is 22.7 Å². The van der Waals surface area contributed by atoms with Crippen molar-refractivity contribution in [3.63, 3.8) is 0 Å². The van der Waals surface area contributed by atoms with E-state index in [1.54, 1.807) is 0 Å². The summed E-state index contributed by atoms with van der Waals surface area (Å²) in [4.78, 5) is 10.4. The van der Waals surface area contributed by atoms with Gasteiger partial charge in [0.1, 0.15) is 10.7 Å². The van der Waals surface area contributed by atoms with Crippen molar-refractivity contribution in [2.45, 2.75) is 42.5 Å². The molecule has 1 aliphatic carbocycles. The van der Waals surface area contributed by atoms with Gasteiger partial charge >= 0.3 is 5.97 Å². The van der Waals surface area contributed by atoms with Crippen LogP contribution in [0.1, 0.15) is 32.1 Å². The number of rotatable bonds is 5. The minimum absolute atomic E-state index is 0.0903. The maximum Gasteiger partial charge on any atom is 0.305 e. The van der Waals surface area contributed by atoms with Crippen LogP contribution in [0.25, 0.3) is 0 Å². The van der Waals surface area contributed by atoms with Gasteiger partial charge in [-0.15, -0.1) is 0 Å². The Balaban J connectivity index is 2.32. The third kappa shape index (κ3) is 3.72. The molecule has 1 fully saturated rings. The lowest BCUT2D eigenvalue weighted by molar-refractivity contribution is -0.138. The average molecular weight is 336 g/mol. The molecule has 0 saturated heterocycles. The van der Waals surface area contributed by atoms with Crippen LogP contribution >= 0.6 is 11.6 Å². The van der Waals surface area contributed by atoms with E-state index >= 15 is 0 Å². The molecule has 8 heteroatoms. The van der Waals surface area contributed by atoms with E-state index in [0.29, 0.717) is 12.8 Å². The first-order chi connectivity index (χ1) is 9.74. The molecule has 2 N–H and O–H groups in total. The molecule has 1 aliphatic rings. The van der Waals surface area contributed by atoms with Crippen LogP contribution in [-0.2, 0) is 14.8 Å². The van der Waals surface area contributed by atoms with Crippen LogP contribution in [0.15, 0.2) is 23.1 Å². The summed E-state index contributed by atoms with van der Waals surface area (Å²) in [5, 5.41) is 9.06. The summed E-state index contributed by atoms with van der Waals surface area (Å²) in [6.07, 6.45) is 2.00. The van der Waals surface area contributed by atoms with E-state index in [1.165, 1.54) is 6.07 Å². The molecule has 0 heterocycles. The van der Waals surface area contributed by atoms with Gasteiger partial charge in [0.25, 0.3) is 0 Å². The van der Waals surface area contributed by atoms with E-state index in [2.05, 4.69) is 4.72 Å². The highest BCUT2D eigenvalue weighted by atomic mass is 35.5. The lowest BCUT2D eigenvalue weighted by Crippen LogP contribution is -2.47. The van der Waals surface area contributed by atoms with Crippen molar-refractivity contribution in [2.24, 2.45) is 0 Å². The maximum absolute atomic E-state index is 13.8. The molecule has 21 heavy (non-hydrogen) atoms. The number of carbonyl (C=O) groups is 1. The van der Waals surface area contributed by atoms with Crippen LogP contribution in [0.3, 0.4) is 0 Å². The van der Waals surface area contributed by atoms with Crippen molar-refractivity contribution >= 4 is 27.6 Å². The molecule has 0 unspecified atom stereocenters. The quantitative estimate of drug-likeness (QED) is 0.866. The first-order valence-electron chi connectivity index (χ1n) is 6.45. The van der Waals surface area contributed by atoms with Gasteiger partial charge in [-0.25, -0.2) is 17.5 Å². The van der Waals surface area contributed by atoms with Gasteiger partial charge in [0.2, 0.25) is 10.0 Å². The highest BCUT2D eigenvalue weighted by Gasteiger charge is 2.40. The van der Waals surface area contributed by atoms with Gasteiger partial charge in [0.05, 0.1) is 6.42 Å². The van der Waals surface area contributed by atoms with E-state index in [4.69, 9.17) is 16.7 Å². The van der Waals surface area contributed by atoms with E-state index < -0.39 is 32.2 Å². The molecule has 0 aliphatic heterocycles. The number of hydrogen-bond acceptors (Lipinski definition) is 3. The summed E-state index contributed by atoms with van der Waals surface area (Å²) in [6, 6.07) is 3.26. The minimum atomic E-state index is -4.14. The van der Waals surface area contributed by atoms with Crippen LogP contribution in [0.2, 0.25) is 5.02 Å². The Bertz CT molecular complexity index is 656. The Morgan fingerprint density at radius 1 is 1.38 bits per heavy atom. The van der Waals surface area contributed by atoms with Crippen LogP contribution in [0, 0.1) is 5.82 Å². The molecule has 2 rings (SSSR count). The van der Waals surface area contributed by atoms with Crippen LogP contribution in [0.5, 0.6) is 0 Å². The molecule has 5 nitrogen and oxygen atoms in total. The minimum Gasteiger partial charge on any atom is -0.481 e. The number of benzene rings is 1. The molecule has 1 aromatic carbocycles. The molecule has 0 radical (unpaired) electrons. The van der Waals surface area contributed by atoms with Crippen molar-refractivity contribution in [3.8, 4) is 0 Å². The lowest BCUT2D eigenvalue weighted by Gasteiger charge is -2.28. The van der Waals surface area contributed by atoms with Gasteiger partial charge in [-0.1, -0.05) is 24.4 Å². The van der Waals surface area contributed by atoms with E-state index in [9.17, 15) is 17.6 Å². The second kappa shape index (κ2) is 5.90. The van der Waals surface area contributed by atoms with Gasteiger partial charge in [-0.3, -0.25) is 4.79 Å². The predicted molar refractivity (Wildman–Crippen MR) is 75.2 cm³/mol. The molecule has 0 atom stereocenters. The summed E-state index contributed by atoms with van der Waals surface area (Å²) in [5.41, 5.74) is -1.04. The second-order valence-electron chi connectivity index (χ2n) is 5.24. The fourth-order valence-corrected chi connectivity index (χ4v) is 4.37. The number of nitrogens with one attached hydrogen (secondary N) is 1. The summed E-state index contributed by atoms with van der Waals surface area (Å²) >= 11 is 5.60. The third-order valence-electron chi connectivity index (χ3n) is 3.58. The Labute approximate surface area is 127 Å².